The molecule has 5 nitrogen and oxygen atoms in total. The molecule has 1 aromatic carbocycles. The van der Waals surface area contributed by atoms with Gasteiger partial charge in [0.2, 0.25) is 5.91 Å². The van der Waals surface area contributed by atoms with Gasteiger partial charge in [-0.3, -0.25) is 14.0 Å². The fourth-order valence-electron chi connectivity index (χ4n) is 3.24. The van der Waals surface area contributed by atoms with Crippen LogP contribution in [0.15, 0.2) is 47.4 Å². The van der Waals surface area contributed by atoms with E-state index in [0.29, 0.717) is 22.6 Å². The second-order valence-corrected chi connectivity index (χ2v) is 5.92. The number of aromatic nitrogens is 2. The first kappa shape index (κ1) is 14.6. The average Bonchev–Trinajstić information content (AvgIpc) is 2.55. The molecule has 6 heteroatoms. The number of carbonyl (C=O) groups is 1. The van der Waals surface area contributed by atoms with Crippen molar-refractivity contribution in [3.05, 3.63) is 75.5 Å². The molecule has 0 saturated heterocycles. The summed E-state index contributed by atoms with van der Waals surface area (Å²) in [4.78, 5) is 29.0. The molecule has 0 saturated carbocycles. The van der Waals surface area contributed by atoms with Crippen molar-refractivity contribution in [3.8, 4) is 0 Å². The summed E-state index contributed by atoms with van der Waals surface area (Å²) in [6.45, 7) is 1.85. The topological polar surface area (TPSA) is 63.5 Å². The lowest BCUT2D eigenvalue weighted by atomic mass is 9.86. The Balaban J connectivity index is 2.04. The zero-order valence-corrected chi connectivity index (χ0v) is 12.9. The van der Waals surface area contributed by atoms with Gasteiger partial charge in [0.15, 0.2) is 0 Å². The van der Waals surface area contributed by atoms with Crippen molar-refractivity contribution in [2.75, 3.05) is 5.32 Å². The van der Waals surface area contributed by atoms with Crippen LogP contribution in [0, 0.1) is 12.7 Å². The van der Waals surface area contributed by atoms with Crippen LogP contribution >= 0.6 is 0 Å². The highest BCUT2D eigenvalue weighted by Gasteiger charge is 2.31. The second-order valence-electron chi connectivity index (χ2n) is 5.92. The predicted octanol–water partition coefficient (Wildman–Crippen LogP) is 2.62. The lowest BCUT2D eigenvalue weighted by Gasteiger charge is -2.26. The van der Waals surface area contributed by atoms with E-state index in [9.17, 15) is 14.0 Å². The van der Waals surface area contributed by atoms with Crippen LogP contribution < -0.4 is 10.9 Å². The summed E-state index contributed by atoms with van der Waals surface area (Å²) >= 11 is 0. The molecule has 3 heterocycles. The van der Waals surface area contributed by atoms with Crippen molar-refractivity contribution >= 4 is 17.4 Å². The summed E-state index contributed by atoms with van der Waals surface area (Å²) in [6.07, 6.45) is 1.84. The number of fused-ring (bicyclic) bond motifs is 3. The molecule has 0 aliphatic carbocycles. The lowest BCUT2D eigenvalue weighted by molar-refractivity contribution is -0.116. The van der Waals surface area contributed by atoms with Crippen LogP contribution in [-0.2, 0) is 4.79 Å². The Morgan fingerprint density at radius 3 is 2.88 bits per heavy atom. The summed E-state index contributed by atoms with van der Waals surface area (Å²) in [5, 5.41) is 2.78. The maximum absolute atomic E-state index is 13.6. The summed E-state index contributed by atoms with van der Waals surface area (Å²) in [5.74, 6) is -0.705. The minimum atomic E-state index is -0.512. The Hall–Kier alpha value is -3.02. The molecule has 1 aliphatic rings. The molecule has 1 N–H and O–H groups in total. The molecule has 0 unspecified atom stereocenters. The Kier molecular flexibility index (Phi) is 3.19. The van der Waals surface area contributed by atoms with E-state index in [-0.39, 0.29) is 12.3 Å². The van der Waals surface area contributed by atoms with E-state index in [4.69, 9.17) is 0 Å². The van der Waals surface area contributed by atoms with E-state index in [2.05, 4.69) is 10.3 Å². The molecule has 0 spiro atoms. The minimum absolute atomic E-state index is 0.0885. The van der Waals surface area contributed by atoms with Gasteiger partial charge in [0.1, 0.15) is 17.3 Å². The molecule has 4 rings (SSSR count). The number of halogens is 1. The van der Waals surface area contributed by atoms with Crippen molar-refractivity contribution < 1.29 is 9.18 Å². The number of amides is 1. The third kappa shape index (κ3) is 2.19. The third-order valence-electron chi connectivity index (χ3n) is 4.34. The van der Waals surface area contributed by atoms with Crippen LogP contribution in [0.1, 0.15) is 29.0 Å². The highest BCUT2D eigenvalue weighted by atomic mass is 19.1. The number of hydrogen-bond donors (Lipinski definition) is 1. The zero-order valence-electron chi connectivity index (χ0n) is 12.9. The molecule has 1 atom stereocenters. The standard InChI is InChI=1S/C18H14FN3O2/c1-10-4-3-7-22-16(10)21-18(24)15-13(9-14(23)20-17(15)22)11-5-2-6-12(19)8-11/h2-8,13H,9H2,1H3,(H,20,23)/t13-/m1/s1. The van der Waals surface area contributed by atoms with Gasteiger partial charge in [-0.05, 0) is 36.2 Å². The van der Waals surface area contributed by atoms with Crippen molar-refractivity contribution in [1.29, 1.82) is 0 Å². The van der Waals surface area contributed by atoms with Gasteiger partial charge in [-0.25, -0.2) is 4.39 Å². The summed E-state index contributed by atoms with van der Waals surface area (Å²) in [6, 6.07) is 9.67. The van der Waals surface area contributed by atoms with Gasteiger partial charge in [0, 0.05) is 18.5 Å². The smallest absolute Gasteiger partial charge is 0.279 e. The van der Waals surface area contributed by atoms with Crippen LogP contribution in [-0.4, -0.2) is 15.3 Å². The number of pyridine rings is 1. The summed E-state index contributed by atoms with van der Waals surface area (Å²) in [5.41, 5.74) is 1.93. The Morgan fingerprint density at radius 1 is 1.25 bits per heavy atom. The molecular weight excluding hydrogens is 309 g/mol. The summed E-state index contributed by atoms with van der Waals surface area (Å²) in [7, 11) is 0. The van der Waals surface area contributed by atoms with Gasteiger partial charge in [-0.15, -0.1) is 0 Å². The van der Waals surface area contributed by atoms with Crippen LogP contribution in [0.3, 0.4) is 0 Å². The maximum atomic E-state index is 13.6. The second kappa shape index (κ2) is 5.26. The highest BCUT2D eigenvalue weighted by Crippen LogP contribution is 2.35. The Morgan fingerprint density at radius 2 is 2.08 bits per heavy atom. The van der Waals surface area contributed by atoms with E-state index >= 15 is 0 Å². The summed E-state index contributed by atoms with van der Waals surface area (Å²) < 4.78 is 15.3. The van der Waals surface area contributed by atoms with Crippen LogP contribution in [0.2, 0.25) is 0 Å². The predicted molar refractivity (Wildman–Crippen MR) is 87.7 cm³/mol. The van der Waals surface area contributed by atoms with E-state index in [1.165, 1.54) is 12.1 Å². The molecule has 1 amide bonds. The largest absolute Gasteiger partial charge is 0.311 e. The number of aryl methyl sites for hydroxylation is 1. The van der Waals surface area contributed by atoms with E-state index in [1.54, 1.807) is 22.7 Å². The Bertz CT molecular complexity index is 1040. The number of carbonyl (C=O) groups excluding carboxylic acids is 1. The zero-order chi connectivity index (χ0) is 16.8. The molecular formula is C18H14FN3O2. The quantitative estimate of drug-likeness (QED) is 0.749. The van der Waals surface area contributed by atoms with Crippen LogP contribution in [0.5, 0.6) is 0 Å². The van der Waals surface area contributed by atoms with Crippen LogP contribution in [0.25, 0.3) is 5.65 Å². The third-order valence-corrected chi connectivity index (χ3v) is 4.34. The number of nitrogens with one attached hydrogen (secondary N) is 1. The molecule has 0 fully saturated rings. The van der Waals surface area contributed by atoms with E-state index < -0.39 is 17.3 Å². The monoisotopic (exact) mass is 323 g/mol. The van der Waals surface area contributed by atoms with Crippen molar-refractivity contribution in [3.63, 3.8) is 0 Å². The molecule has 3 aromatic rings. The molecule has 0 bridgehead atoms. The average molecular weight is 323 g/mol. The number of rotatable bonds is 1. The maximum Gasteiger partial charge on any atom is 0.279 e. The Labute approximate surface area is 136 Å². The first-order chi connectivity index (χ1) is 11.5. The van der Waals surface area contributed by atoms with Gasteiger partial charge in [-0.2, -0.15) is 4.98 Å². The normalized spacial score (nSPS) is 16.8. The molecule has 120 valence electrons. The van der Waals surface area contributed by atoms with E-state index in [0.717, 1.165) is 5.56 Å². The van der Waals surface area contributed by atoms with Crippen LogP contribution in [0.4, 0.5) is 10.2 Å². The fraction of sp³-hybridized carbons (Fsp3) is 0.167. The van der Waals surface area contributed by atoms with Crippen molar-refractivity contribution in [2.24, 2.45) is 0 Å². The van der Waals surface area contributed by atoms with Crippen molar-refractivity contribution in [1.82, 2.24) is 9.38 Å². The van der Waals surface area contributed by atoms with Gasteiger partial charge in [0.25, 0.3) is 5.56 Å². The SMILES string of the molecule is Cc1cccn2c3c(c(=O)nc12)[C@@H](c1cccc(F)c1)CC(=O)N3. The molecule has 2 aromatic heterocycles. The fourth-order valence-corrected chi connectivity index (χ4v) is 3.24. The highest BCUT2D eigenvalue weighted by molar-refractivity contribution is 5.94. The van der Waals surface area contributed by atoms with Gasteiger partial charge in [-0.1, -0.05) is 18.2 Å². The number of anilines is 1. The lowest BCUT2D eigenvalue weighted by Crippen LogP contribution is -2.32. The first-order valence-corrected chi connectivity index (χ1v) is 7.62. The van der Waals surface area contributed by atoms with Crippen molar-refractivity contribution in [2.45, 2.75) is 19.3 Å². The van der Waals surface area contributed by atoms with E-state index in [1.807, 2.05) is 19.1 Å². The first-order valence-electron chi connectivity index (χ1n) is 7.62. The van der Waals surface area contributed by atoms with Gasteiger partial charge >= 0.3 is 0 Å². The molecule has 1 aliphatic heterocycles. The number of nitrogens with zero attached hydrogens (tertiary/aromatic N) is 2. The van der Waals surface area contributed by atoms with Gasteiger partial charge < -0.3 is 5.32 Å². The minimum Gasteiger partial charge on any atom is -0.311 e. The molecule has 0 radical (unpaired) electrons. The number of benzene rings is 1. The molecule has 24 heavy (non-hydrogen) atoms. The van der Waals surface area contributed by atoms with Gasteiger partial charge in [0.05, 0.1) is 5.56 Å². The number of hydrogen-bond acceptors (Lipinski definition) is 3.